The maximum atomic E-state index is 12.2. The molecule has 0 saturated heterocycles. The lowest BCUT2D eigenvalue weighted by Gasteiger charge is -2.12. The Morgan fingerprint density at radius 1 is 1.16 bits per heavy atom. The largest absolute Gasteiger partial charge is 0.503 e. The zero-order valence-corrected chi connectivity index (χ0v) is 18.7. The van der Waals surface area contributed by atoms with E-state index in [1.54, 1.807) is 17.1 Å². The SMILES string of the molecule is CO/C=C(\C(=O)OC)c1ccccc1CO/N=C(/Cn1cncn1)c1ccc(Br)cc1. The van der Waals surface area contributed by atoms with Crippen molar-refractivity contribution in [1.82, 2.24) is 14.8 Å². The molecule has 0 spiro atoms. The van der Waals surface area contributed by atoms with Gasteiger partial charge in [-0.15, -0.1) is 0 Å². The van der Waals surface area contributed by atoms with E-state index in [-0.39, 0.29) is 6.61 Å². The van der Waals surface area contributed by atoms with Gasteiger partial charge >= 0.3 is 5.97 Å². The van der Waals surface area contributed by atoms with E-state index in [1.165, 1.54) is 26.8 Å². The maximum Gasteiger partial charge on any atom is 0.341 e. The van der Waals surface area contributed by atoms with Crippen LogP contribution in [0.5, 0.6) is 0 Å². The average molecular weight is 485 g/mol. The third kappa shape index (κ3) is 6.02. The fraction of sp³-hybridized carbons (Fsp3) is 0.182. The Labute approximate surface area is 188 Å². The Hall–Kier alpha value is -3.46. The van der Waals surface area contributed by atoms with Gasteiger partial charge in [0.05, 0.1) is 27.0 Å². The van der Waals surface area contributed by atoms with E-state index >= 15 is 0 Å². The number of halogens is 1. The number of rotatable bonds is 9. The number of methoxy groups -OCH3 is 2. The highest BCUT2D eigenvalue weighted by atomic mass is 79.9. The Morgan fingerprint density at radius 2 is 1.94 bits per heavy atom. The van der Waals surface area contributed by atoms with Gasteiger partial charge in [0.1, 0.15) is 30.5 Å². The fourth-order valence-corrected chi connectivity index (χ4v) is 3.09. The molecular weight excluding hydrogens is 464 g/mol. The van der Waals surface area contributed by atoms with Crippen LogP contribution in [-0.4, -0.2) is 40.7 Å². The van der Waals surface area contributed by atoms with Crippen LogP contribution >= 0.6 is 15.9 Å². The molecule has 0 unspecified atom stereocenters. The number of carbonyl (C=O) groups excluding carboxylic acids is 1. The zero-order chi connectivity index (χ0) is 22.1. The van der Waals surface area contributed by atoms with Crippen LogP contribution in [0.3, 0.4) is 0 Å². The second-order valence-electron chi connectivity index (χ2n) is 6.33. The molecule has 1 aromatic heterocycles. The van der Waals surface area contributed by atoms with Crippen LogP contribution < -0.4 is 0 Å². The van der Waals surface area contributed by atoms with Gasteiger partial charge in [-0.1, -0.05) is 57.5 Å². The van der Waals surface area contributed by atoms with Crippen LogP contribution in [0.25, 0.3) is 5.57 Å². The number of oxime groups is 1. The summed E-state index contributed by atoms with van der Waals surface area (Å²) in [5, 5.41) is 8.49. The van der Waals surface area contributed by atoms with Gasteiger partial charge in [0.2, 0.25) is 0 Å². The Morgan fingerprint density at radius 3 is 2.61 bits per heavy atom. The minimum Gasteiger partial charge on any atom is -0.503 e. The van der Waals surface area contributed by atoms with Gasteiger partial charge in [-0.3, -0.25) is 0 Å². The van der Waals surface area contributed by atoms with Gasteiger partial charge in [-0.25, -0.2) is 14.5 Å². The molecule has 9 heteroatoms. The lowest BCUT2D eigenvalue weighted by Crippen LogP contribution is -2.13. The van der Waals surface area contributed by atoms with Crippen LogP contribution in [0.4, 0.5) is 0 Å². The average Bonchev–Trinajstić information content (AvgIpc) is 3.30. The molecule has 3 rings (SSSR count). The first-order chi connectivity index (χ1) is 15.1. The molecule has 0 aliphatic heterocycles. The molecule has 31 heavy (non-hydrogen) atoms. The normalized spacial score (nSPS) is 11.8. The van der Waals surface area contributed by atoms with E-state index in [2.05, 4.69) is 31.2 Å². The highest BCUT2D eigenvalue weighted by Gasteiger charge is 2.17. The third-order valence-corrected chi connectivity index (χ3v) is 4.83. The van der Waals surface area contributed by atoms with Crippen LogP contribution in [-0.2, 0) is 32.3 Å². The quantitative estimate of drug-likeness (QED) is 0.151. The van der Waals surface area contributed by atoms with Crippen molar-refractivity contribution in [3.63, 3.8) is 0 Å². The molecule has 2 aromatic carbocycles. The molecule has 3 aromatic rings. The number of benzene rings is 2. The van der Waals surface area contributed by atoms with Gasteiger partial charge in [0, 0.05) is 15.6 Å². The van der Waals surface area contributed by atoms with Gasteiger partial charge < -0.3 is 14.3 Å². The monoisotopic (exact) mass is 484 g/mol. The van der Waals surface area contributed by atoms with E-state index in [9.17, 15) is 4.79 Å². The summed E-state index contributed by atoms with van der Waals surface area (Å²) < 4.78 is 12.5. The second kappa shape index (κ2) is 11.1. The maximum absolute atomic E-state index is 12.2. The van der Waals surface area contributed by atoms with Crippen molar-refractivity contribution in [3.8, 4) is 0 Å². The second-order valence-corrected chi connectivity index (χ2v) is 7.24. The minimum atomic E-state index is -0.500. The van der Waals surface area contributed by atoms with E-state index in [0.717, 1.165) is 15.6 Å². The van der Waals surface area contributed by atoms with Crippen molar-refractivity contribution in [2.75, 3.05) is 14.2 Å². The number of ether oxygens (including phenoxy) is 2. The summed E-state index contributed by atoms with van der Waals surface area (Å²) in [4.78, 5) is 21.8. The molecule has 0 fully saturated rings. The van der Waals surface area contributed by atoms with E-state index < -0.39 is 5.97 Å². The number of carbonyl (C=O) groups is 1. The molecule has 0 saturated carbocycles. The summed E-state index contributed by atoms with van der Waals surface area (Å²) in [6.45, 7) is 0.534. The number of esters is 1. The van der Waals surface area contributed by atoms with Crippen molar-refractivity contribution in [3.05, 3.63) is 88.6 Å². The molecule has 0 aliphatic carbocycles. The molecule has 0 amide bonds. The zero-order valence-electron chi connectivity index (χ0n) is 17.1. The summed E-state index contributed by atoms with van der Waals surface area (Å²) in [7, 11) is 2.80. The summed E-state index contributed by atoms with van der Waals surface area (Å²) in [5.74, 6) is -0.500. The standard InChI is InChI=1S/C22H21BrN4O4/c1-29-13-20(22(28)30-2)19-6-4-3-5-17(19)12-31-26-21(11-27-15-24-14-25-27)16-7-9-18(23)10-8-16/h3-10,13-15H,11-12H2,1-2H3/b20-13-,26-21-. The van der Waals surface area contributed by atoms with Crippen molar-refractivity contribution in [1.29, 1.82) is 0 Å². The number of hydrogen-bond acceptors (Lipinski definition) is 7. The van der Waals surface area contributed by atoms with Crippen LogP contribution in [0.2, 0.25) is 0 Å². The van der Waals surface area contributed by atoms with Crippen molar-refractivity contribution in [2.24, 2.45) is 5.16 Å². The lowest BCUT2D eigenvalue weighted by molar-refractivity contribution is -0.133. The van der Waals surface area contributed by atoms with Crippen LogP contribution in [0.1, 0.15) is 16.7 Å². The first kappa shape index (κ1) is 22.2. The first-order valence-corrected chi connectivity index (χ1v) is 10.1. The number of nitrogens with zero attached hydrogens (tertiary/aromatic N) is 4. The van der Waals surface area contributed by atoms with E-state index in [4.69, 9.17) is 14.3 Å². The van der Waals surface area contributed by atoms with Crippen molar-refractivity contribution in [2.45, 2.75) is 13.2 Å². The molecule has 0 atom stereocenters. The summed E-state index contributed by atoms with van der Waals surface area (Å²) in [6, 6.07) is 15.1. The third-order valence-electron chi connectivity index (χ3n) is 4.30. The summed E-state index contributed by atoms with van der Waals surface area (Å²) in [6.07, 6.45) is 4.43. The highest BCUT2D eigenvalue weighted by molar-refractivity contribution is 9.10. The Kier molecular flexibility index (Phi) is 7.94. The lowest BCUT2D eigenvalue weighted by atomic mass is 10.0. The van der Waals surface area contributed by atoms with Gasteiger partial charge in [0.15, 0.2) is 0 Å². The minimum absolute atomic E-state index is 0.144. The molecule has 1 heterocycles. The molecule has 0 bridgehead atoms. The number of aromatic nitrogens is 3. The summed E-state index contributed by atoms with van der Waals surface area (Å²) in [5.41, 5.74) is 3.27. The molecule has 160 valence electrons. The molecular formula is C22H21BrN4O4. The van der Waals surface area contributed by atoms with Gasteiger partial charge in [-0.05, 0) is 17.7 Å². The topological polar surface area (TPSA) is 87.8 Å². The van der Waals surface area contributed by atoms with E-state index in [0.29, 0.717) is 23.4 Å². The first-order valence-electron chi connectivity index (χ1n) is 9.29. The van der Waals surface area contributed by atoms with Crippen LogP contribution in [0.15, 0.2) is 77.1 Å². The molecule has 8 nitrogen and oxygen atoms in total. The predicted molar refractivity (Wildman–Crippen MR) is 119 cm³/mol. The van der Waals surface area contributed by atoms with Crippen molar-refractivity contribution >= 4 is 33.2 Å². The molecule has 0 N–H and O–H groups in total. The van der Waals surface area contributed by atoms with Crippen molar-refractivity contribution < 1.29 is 19.1 Å². The van der Waals surface area contributed by atoms with Crippen LogP contribution in [0, 0.1) is 0 Å². The molecule has 0 aliphatic rings. The van der Waals surface area contributed by atoms with E-state index in [1.807, 2.05) is 42.5 Å². The Balaban J connectivity index is 1.85. The fourth-order valence-electron chi connectivity index (χ4n) is 2.82. The highest BCUT2D eigenvalue weighted by Crippen LogP contribution is 2.22. The smallest absolute Gasteiger partial charge is 0.341 e. The Bertz CT molecular complexity index is 1060. The predicted octanol–water partition coefficient (Wildman–Crippen LogP) is 3.82. The van der Waals surface area contributed by atoms with Gasteiger partial charge in [0.25, 0.3) is 0 Å². The molecule has 0 radical (unpaired) electrons. The van der Waals surface area contributed by atoms with Gasteiger partial charge in [-0.2, -0.15) is 5.10 Å². The summed E-state index contributed by atoms with van der Waals surface area (Å²) >= 11 is 3.44. The number of hydrogen-bond donors (Lipinski definition) is 0.